The molecule has 0 aliphatic heterocycles. The lowest BCUT2D eigenvalue weighted by atomic mass is 10.0. The van der Waals surface area contributed by atoms with E-state index in [1.807, 2.05) is 25.4 Å². The Morgan fingerprint density at radius 2 is 1.75 bits per heavy atom. The third-order valence-electron chi connectivity index (χ3n) is 3.61. The molecule has 0 radical (unpaired) electrons. The van der Waals surface area contributed by atoms with Gasteiger partial charge in [-0.15, -0.1) is 0 Å². The summed E-state index contributed by atoms with van der Waals surface area (Å²) in [5.41, 5.74) is 4.06. The van der Waals surface area contributed by atoms with Crippen LogP contribution in [0.1, 0.15) is 5.56 Å². The van der Waals surface area contributed by atoms with Gasteiger partial charge in [0.05, 0.1) is 4.92 Å². The predicted molar refractivity (Wildman–Crippen MR) is 79.7 cm³/mol. The number of rotatable bonds is 2. The highest BCUT2D eigenvalue weighted by Crippen LogP contribution is 2.28. The van der Waals surface area contributed by atoms with Crippen LogP contribution in [0.15, 0.2) is 48.7 Å². The van der Waals surface area contributed by atoms with Crippen molar-refractivity contribution in [3.05, 3.63) is 64.3 Å². The van der Waals surface area contributed by atoms with Gasteiger partial charge in [-0.1, -0.05) is 12.1 Å². The third kappa shape index (κ3) is 1.95. The number of aryl methyl sites for hydroxylation is 2. The zero-order valence-corrected chi connectivity index (χ0v) is 11.3. The van der Waals surface area contributed by atoms with Crippen molar-refractivity contribution in [2.24, 2.45) is 7.05 Å². The molecule has 0 aliphatic rings. The third-order valence-corrected chi connectivity index (χ3v) is 3.61. The lowest BCUT2D eigenvalue weighted by molar-refractivity contribution is -0.385. The van der Waals surface area contributed by atoms with Crippen molar-refractivity contribution < 1.29 is 4.92 Å². The normalized spacial score (nSPS) is 10.9. The van der Waals surface area contributed by atoms with Gasteiger partial charge in [-0.3, -0.25) is 10.1 Å². The number of nitro groups is 1. The van der Waals surface area contributed by atoms with Crippen LogP contribution in [0.3, 0.4) is 0 Å². The zero-order valence-electron chi connectivity index (χ0n) is 11.3. The number of fused-ring (bicyclic) bond motifs is 1. The number of nitro benzene ring substituents is 1. The molecule has 0 spiro atoms. The first-order valence-corrected chi connectivity index (χ1v) is 6.37. The van der Waals surface area contributed by atoms with Crippen LogP contribution in [0, 0.1) is 17.0 Å². The SMILES string of the molecule is Cc1cc(-c2ccc3ccn(C)c3c2)ccc1[N+](=O)[O-]. The van der Waals surface area contributed by atoms with E-state index in [1.54, 1.807) is 19.1 Å². The van der Waals surface area contributed by atoms with Gasteiger partial charge in [0.25, 0.3) is 5.69 Å². The minimum absolute atomic E-state index is 0.161. The molecule has 20 heavy (non-hydrogen) atoms. The molecule has 4 nitrogen and oxygen atoms in total. The van der Waals surface area contributed by atoms with E-state index < -0.39 is 0 Å². The Morgan fingerprint density at radius 1 is 1.05 bits per heavy atom. The van der Waals surface area contributed by atoms with E-state index >= 15 is 0 Å². The summed E-state index contributed by atoms with van der Waals surface area (Å²) in [7, 11) is 2.01. The van der Waals surface area contributed by atoms with Gasteiger partial charge in [-0.2, -0.15) is 0 Å². The van der Waals surface area contributed by atoms with Gasteiger partial charge in [0.15, 0.2) is 0 Å². The van der Waals surface area contributed by atoms with Gasteiger partial charge in [0.1, 0.15) is 0 Å². The van der Waals surface area contributed by atoms with E-state index in [1.165, 1.54) is 5.39 Å². The summed E-state index contributed by atoms with van der Waals surface area (Å²) in [6.07, 6.45) is 2.02. The molecule has 0 aliphatic carbocycles. The maximum atomic E-state index is 10.9. The first-order valence-electron chi connectivity index (χ1n) is 6.37. The number of hydrogen-bond donors (Lipinski definition) is 0. The lowest BCUT2D eigenvalue weighted by Crippen LogP contribution is -1.92. The van der Waals surface area contributed by atoms with Crippen LogP contribution in [-0.4, -0.2) is 9.49 Å². The summed E-state index contributed by atoms with van der Waals surface area (Å²) in [6.45, 7) is 1.77. The van der Waals surface area contributed by atoms with Crippen LogP contribution in [0.2, 0.25) is 0 Å². The van der Waals surface area contributed by atoms with Crippen molar-refractivity contribution in [1.82, 2.24) is 4.57 Å². The highest BCUT2D eigenvalue weighted by atomic mass is 16.6. The fraction of sp³-hybridized carbons (Fsp3) is 0.125. The van der Waals surface area contributed by atoms with Gasteiger partial charge in [0.2, 0.25) is 0 Å². The van der Waals surface area contributed by atoms with Crippen molar-refractivity contribution in [3.8, 4) is 11.1 Å². The van der Waals surface area contributed by atoms with Gasteiger partial charge in [-0.05, 0) is 47.7 Å². The summed E-state index contributed by atoms with van der Waals surface area (Å²) < 4.78 is 2.07. The van der Waals surface area contributed by atoms with Gasteiger partial charge in [0, 0.05) is 30.4 Å². The summed E-state index contributed by atoms with van der Waals surface area (Å²) in [4.78, 5) is 10.5. The van der Waals surface area contributed by atoms with E-state index in [2.05, 4.69) is 22.8 Å². The monoisotopic (exact) mass is 266 g/mol. The second kappa shape index (κ2) is 4.49. The number of aromatic nitrogens is 1. The quantitative estimate of drug-likeness (QED) is 0.518. The van der Waals surface area contributed by atoms with E-state index in [4.69, 9.17) is 0 Å². The summed E-state index contributed by atoms with van der Waals surface area (Å²) >= 11 is 0. The number of hydrogen-bond acceptors (Lipinski definition) is 2. The smallest absolute Gasteiger partial charge is 0.272 e. The Balaban J connectivity index is 2.13. The maximum absolute atomic E-state index is 10.9. The fourth-order valence-corrected chi connectivity index (χ4v) is 2.48. The van der Waals surface area contributed by atoms with E-state index in [9.17, 15) is 10.1 Å². The molecule has 4 heteroatoms. The molecule has 0 fully saturated rings. The predicted octanol–water partition coefficient (Wildman–Crippen LogP) is 4.06. The molecular formula is C16H14N2O2. The van der Waals surface area contributed by atoms with Crippen molar-refractivity contribution >= 4 is 16.6 Å². The Kier molecular flexibility index (Phi) is 2.79. The molecule has 100 valence electrons. The molecule has 0 bridgehead atoms. The maximum Gasteiger partial charge on any atom is 0.272 e. The minimum Gasteiger partial charge on any atom is -0.351 e. The molecule has 3 rings (SSSR count). The lowest BCUT2D eigenvalue weighted by Gasteiger charge is -2.05. The van der Waals surface area contributed by atoms with Crippen LogP contribution < -0.4 is 0 Å². The number of nitrogens with zero attached hydrogens (tertiary/aromatic N) is 2. The second-order valence-corrected chi connectivity index (χ2v) is 4.96. The van der Waals surface area contributed by atoms with Gasteiger partial charge >= 0.3 is 0 Å². The standard InChI is InChI=1S/C16H14N2O2/c1-11-9-13(5-6-15(11)18(19)20)14-4-3-12-7-8-17(2)16(12)10-14/h3-10H,1-2H3. The topological polar surface area (TPSA) is 48.1 Å². The molecule has 1 heterocycles. The molecule has 0 atom stereocenters. The van der Waals surface area contributed by atoms with Crippen LogP contribution >= 0.6 is 0 Å². The summed E-state index contributed by atoms with van der Waals surface area (Å²) in [5, 5.41) is 12.0. The van der Waals surface area contributed by atoms with Crippen molar-refractivity contribution in [1.29, 1.82) is 0 Å². The van der Waals surface area contributed by atoms with Gasteiger partial charge < -0.3 is 4.57 Å². The molecule has 0 saturated carbocycles. The van der Waals surface area contributed by atoms with Crippen molar-refractivity contribution in [2.75, 3.05) is 0 Å². The van der Waals surface area contributed by atoms with Crippen molar-refractivity contribution in [3.63, 3.8) is 0 Å². The fourth-order valence-electron chi connectivity index (χ4n) is 2.48. The summed E-state index contributed by atoms with van der Waals surface area (Å²) in [6, 6.07) is 13.5. The van der Waals surface area contributed by atoms with Crippen molar-refractivity contribution in [2.45, 2.75) is 6.92 Å². The second-order valence-electron chi connectivity index (χ2n) is 4.96. The average Bonchev–Trinajstić information content (AvgIpc) is 2.79. The molecule has 2 aromatic carbocycles. The largest absolute Gasteiger partial charge is 0.351 e. The first-order chi connectivity index (χ1) is 9.56. The van der Waals surface area contributed by atoms with Crippen LogP contribution in [-0.2, 0) is 7.05 Å². The highest BCUT2D eigenvalue weighted by molar-refractivity contribution is 5.85. The minimum atomic E-state index is -0.348. The Bertz CT molecular complexity index is 818. The molecule has 1 aromatic heterocycles. The summed E-state index contributed by atoms with van der Waals surface area (Å²) in [5.74, 6) is 0. The zero-order chi connectivity index (χ0) is 14.3. The Hall–Kier alpha value is -2.62. The highest BCUT2D eigenvalue weighted by Gasteiger charge is 2.11. The Morgan fingerprint density at radius 3 is 2.45 bits per heavy atom. The van der Waals surface area contributed by atoms with Crippen LogP contribution in [0.4, 0.5) is 5.69 Å². The van der Waals surface area contributed by atoms with E-state index in [0.717, 1.165) is 16.6 Å². The molecule has 0 saturated heterocycles. The van der Waals surface area contributed by atoms with Crippen LogP contribution in [0.5, 0.6) is 0 Å². The molecule has 0 amide bonds. The van der Waals surface area contributed by atoms with Gasteiger partial charge in [-0.25, -0.2) is 0 Å². The first kappa shape index (κ1) is 12.4. The molecule has 0 unspecified atom stereocenters. The van der Waals surface area contributed by atoms with E-state index in [0.29, 0.717) is 5.56 Å². The van der Waals surface area contributed by atoms with E-state index in [-0.39, 0.29) is 10.6 Å². The molecule has 0 N–H and O–H groups in total. The Labute approximate surface area is 116 Å². The number of benzene rings is 2. The average molecular weight is 266 g/mol. The molecule has 3 aromatic rings. The van der Waals surface area contributed by atoms with Crippen LogP contribution in [0.25, 0.3) is 22.0 Å². The molecular weight excluding hydrogens is 252 g/mol.